The zero-order valence-electron chi connectivity index (χ0n) is 7.89. The van der Waals surface area contributed by atoms with E-state index < -0.39 is 12.0 Å². The van der Waals surface area contributed by atoms with E-state index in [0.717, 1.165) is 5.69 Å². The smallest absolute Gasteiger partial charge is 0.323 e. The van der Waals surface area contributed by atoms with Crippen LogP contribution in [-0.2, 0) is 23.1 Å². The van der Waals surface area contributed by atoms with E-state index in [-0.39, 0.29) is 6.42 Å². The third-order valence-corrected chi connectivity index (χ3v) is 1.86. The van der Waals surface area contributed by atoms with Crippen LogP contribution in [0.25, 0.3) is 0 Å². The SMILES string of the molecule is Cn1cncc1CC(N[C-]=O)C(=O)O.[Fm]. The summed E-state index contributed by atoms with van der Waals surface area (Å²) in [5.74, 6) is -1.09. The molecule has 1 amide bonds. The zero-order chi connectivity index (χ0) is 10.6. The number of nitrogens with zero attached hydrogens (tertiary/aromatic N) is 2. The molecule has 0 aromatic carbocycles. The van der Waals surface area contributed by atoms with Gasteiger partial charge in [0.2, 0.25) is 0 Å². The van der Waals surface area contributed by atoms with E-state index in [1.807, 2.05) is 0 Å². The van der Waals surface area contributed by atoms with Gasteiger partial charge in [-0.1, -0.05) is 0 Å². The Labute approximate surface area is 80.6 Å². The molecule has 0 spiro atoms. The maximum Gasteiger partial charge on any atom is 0.323 e. The molecule has 0 radical (unpaired) electrons. The van der Waals surface area contributed by atoms with Gasteiger partial charge in [0.25, 0.3) is 0 Å². The van der Waals surface area contributed by atoms with Gasteiger partial charge < -0.3 is 19.8 Å². The summed E-state index contributed by atoms with van der Waals surface area (Å²) in [6.07, 6.45) is 4.69. The van der Waals surface area contributed by atoms with Crippen molar-refractivity contribution in [3.63, 3.8) is 0 Å². The first-order chi connectivity index (χ1) is 6.65. The predicted octanol–water partition coefficient (Wildman–Crippen LogP) is -0.927. The van der Waals surface area contributed by atoms with Gasteiger partial charge >= 0.3 is 5.97 Å². The standard InChI is InChI=1S/C8H10N3O3.Fm/c1-11-4-9-3-6(11)2-7(8(13)14)10-5-12;/h3-4,7H,2H2,1H3,(H,10,12)(H,13,14);/q-1;. The molecule has 0 aliphatic rings. The third-order valence-electron chi connectivity index (χ3n) is 1.86. The second kappa shape index (κ2) is 5.00. The summed E-state index contributed by atoms with van der Waals surface area (Å²) < 4.78 is 1.70. The van der Waals surface area contributed by atoms with E-state index in [4.69, 9.17) is 5.11 Å². The normalized spacial score (nSPS) is 11.3. The summed E-state index contributed by atoms with van der Waals surface area (Å²) in [5.41, 5.74) is 0.736. The average Bonchev–Trinajstić information content (AvgIpc) is 2.51. The van der Waals surface area contributed by atoms with Crippen molar-refractivity contribution in [2.45, 2.75) is 12.5 Å². The molecule has 0 aliphatic heterocycles. The topological polar surface area (TPSA) is 84.2 Å². The number of amides is 1. The Morgan fingerprint density at radius 1 is 1.80 bits per heavy atom. The van der Waals surface area contributed by atoms with Gasteiger partial charge in [0.1, 0.15) is 6.04 Å². The van der Waals surface area contributed by atoms with Crippen molar-refractivity contribution in [3.8, 4) is 0 Å². The fraction of sp³-hybridized carbons (Fsp3) is 0.375. The Morgan fingerprint density at radius 2 is 2.47 bits per heavy atom. The number of rotatable bonds is 5. The minimum atomic E-state index is -1.09. The van der Waals surface area contributed by atoms with Crippen LogP contribution >= 0.6 is 0 Å². The fourth-order valence-corrected chi connectivity index (χ4v) is 1.06. The van der Waals surface area contributed by atoms with Gasteiger partial charge in [-0.25, -0.2) is 4.98 Å². The zero-order valence-corrected chi connectivity index (χ0v) is 10.3. The number of hydrogen-bond acceptors (Lipinski definition) is 3. The van der Waals surface area contributed by atoms with Crippen molar-refractivity contribution >= 4 is 12.4 Å². The second-order valence-electron chi connectivity index (χ2n) is 2.84. The fourth-order valence-electron chi connectivity index (χ4n) is 1.06. The van der Waals surface area contributed by atoms with Gasteiger partial charge in [-0.05, 0) is 0 Å². The molecule has 1 aromatic rings. The van der Waals surface area contributed by atoms with E-state index in [1.54, 1.807) is 24.1 Å². The molecule has 0 saturated carbocycles. The van der Waals surface area contributed by atoms with Crippen molar-refractivity contribution in [3.05, 3.63) is 18.2 Å². The van der Waals surface area contributed by atoms with E-state index >= 15 is 0 Å². The van der Waals surface area contributed by atoms with E-state index in [9.17, 15) is 9.59 Å². The Kier molecular flexibility index (Phi) is 4.05. The summed E-state index contributed by atoms with van der Waals surface area (Å²) in [6.45, 7) is 0. The molecule has 1 aromatic heterocycles. The molecule has 7 heteroatoms. The monoisotopic (exact) mass is 453 g/mol. The number of nitrogens with one attached hydrogen (secondary N) is 1. The Bertz CT molecular complexity index is 340. The Morgan fingerprint density at radius 3 is 2.87 bits per heavy atom. The van der Waals surface area contributed by atoms with Crippen LogP contribution < -0.4 is 5.32 Å². The molecule has 0 aliphatic carbocycles. The number of aromatic nitrogens is 2. The summed E-state index contributed by atoms with van der Waals surface area (Å²) >= 11 is 0. The average molecular weight is 453 g/mol. The quantitative estimate of drug-likeness (QED) is 0.446. The molecule has 6 nitrogen and oxygen atoms in total. The molecule has 1 rings (SSSR count). The molecule has 88 valence electrons. The first-order valence-corrected chi connectivity index (χ1v) is 3.96. The van der Waals surface area contributed by atoms with Crippen LogP contribution in [0.5, 0.6) is 0 Å². The first kappa shape index (κ1) is 12.2. The van der Waals surface area contributed by atoms with Crippen LogP contribution in [0.3, 0.4) is 0 Å². The second-order valence-corrected chi connectivity index (χ2v) is 2.84. The number of carboxylic acids is 1. The van der Waals surface area contributed by atoms with Crippen molar-refractivity contribution in [1.82, 2.24) is 14.9 Å². The number of aryl methyl sites for hydroxylation is 1. The van der Waals surface area contributed by atoms with Gasteiger partial charge in [-0.15, -0.1) is 0 Å². The summed E-state index contributed by atoms with van der Waals surface area (Å²) in [4.78, 5) is 24.5. The summed E-state index contributed by atoms with van der Waals surface area (Å²) in [6, 6.07) is -0.956. The Hall–Kier alpha value is -2.85. The number of aliphatic carboxylic acids is 1. The van der Waals surface area contributed by atoms with Gasteiger partial charge in [-0.2, -0.15) is 6.41 Å². The molecule has 2 N–H and O–H groups in total. The maximum absolute atomic E-state index is 10.7. The van der Waals surface area contributed by atoms with Crippen LogP contribution in [-0.4, -0.2) is 33.1 Å². The molecule has 1 atom stereocenters. The third kappa shape index (κ3) is 2.83. The van der Waals surface area contributed by atoms with E-state index in [1.165, 1.54) is 6.41 Å². The minimum absolute atomic E-state index is 0. The van der Waals surface area contributed by atoms with Gasteiger partial charge in [0.05, 0.1) is 6.33 Å². The first-order valence-electron chi connectivity index (χ1n) is 3.96. The van der Waals surface area contributed by atoms with Crippen molar-refractivity contribution in [2.24, 2.45) is 7.05 Å². The van der Waals surface area contributed by atoms with Crippen molar-refractivity contribution in [2.75, 3.05) is 0 Å². The van der Waals surface area contributed by atoms with Gasteiger partial charge in [-0.3, -0.25) is 4.79 Å². The van der Waals surface area contributed by atoms with Crippen LogP contribution in [0.15, 0.2) is 12.5 Å². The molecule has 1 unspecified atom stereocenters. The summed E-state index contributed by atoms with van der Waals surface area (Å²) in [7, 11) is 1.76. The van der Waals surface area contributed by atoms with Crippen LogP contribution in [0, 0.1) is 0 Å². The number of carbonyl (C=O) groups is 1. The summed E-state index contributed by atoms with van der Waals surface area (Å²) in [5, 5.41) is 10.8. The Balaban J connectivity index is 0.00000196. The van der Waals surface area contributed by atoms with Crippen molar-refractivity contribution in [1.29, 1.82) is 0 Å². The number of carbonyl (C=O) groups excluding carboxylic acids is 1. The van der Waals surface area contributed by atoms with Crippen LogP contribution in [0.2, 0.25) is 0 Å². The van der Waals surface area contributed by atoms with Gasteiger partial charge in [0.15, 0.2) is 0 Å². The molecule has 1 heterocycles. The largest absolute Gasteiger partial charge is 0.520 e. The molecule has 0 fully saturated rings. The number of imidazole rings is 1. The van der Waals surface area contributed by atoms with E-state index in [0.29, 0.717) is 0 Å². The molecular weight excluding hydrogens is 443 g/mol. The molecule has 0 saturated heterocycles. The van der Waals surface area contributed by atoms with Crippen LogP contribution in [0.4, 0.5) is 0 Å². The molecule has 0 bridgehead atoms. The number of hydrogen-bond donors (Lipinski definition) is 2. The van der Waals surface area contributed by atoms with Crippen LogP contribution in [0.1, 0.15) is 5.69 Å². The van der Waals surface area contributed by atoms with Crippen molar-refractivity contribution < 1.29 is 14.7 Å². The predicted molar refractivity (Wildman–Crippen MR) is 47.2 cm³/mol. The molecule has 15 heavy (non-hydrogen) atoms. The number of carboxylic acid groups (broad SMARTS) is 1. The van der Waals surface area contributed by atoms with E-state index in [2.05, 4.69) is 10.3 Å². The molecular formula is C8H10FmN3O3-. The maximum atomic E-state index is 10.7. The van der Waals surface area contributed by atoms with Gasteiger partial charge in [0, 0.05) is 25.4 Å². The minimum Gasteiger partial charge on any atom is -0.520 e.